The molecule has 0 aliphatic heterocycles. The van der Waals surface area contributed by atoms with Gasteiger partial charge in [-0.1, -0.05) is 48.0 Å². The third kappa shape index (κ3) is 5.04. The van der Waals surface area contributed by atoms with Crippen LogP contribution in [0.15, 0.2) is 103 Å². The van der Waals surface area contributed by atoms with E-state index in [2.05, 4.69) is 16.0 Å². The Kier molecular flexibility index (Phi) is 7.39. The van der Waals surface area contributed by atoms with E-state index in [-0.39, 0.29) is 62.0 Å². The smallest absolute Gasteiger partial charge is 0.198 e. The predicted octanol–water partition coefficient (Wildman–Crippen LogP) is 7.83. The number of rotatable bonds is 6. The third-order valence-corrected chi connectivity index (χ3v) is 9.61. The molecule has 254 valence electrons. The number of benzene rings is 6. The second kappa shape index (κ2) is 12.0. The van der Waals surface area contributed by atoms with E-state index >= 15 is 0 Å². The van der Waals surface area contributed by atoms with Gasteiger partial charge in [-0.25, -0.2) is 0 Å². The summed E-state index contributed by atoms with van der Waals surface area (Å²) in [6.07, 6.45) is 0. The van der Waals surface area contributed by atoms with Gasteiger partial charge in [0.2, 0.25) is 0 Å². The summed E-state index contributed by atoms with van der Waals surface area (Å²) in [5.74, 6) is -1.48. The number of carbonyl (C=O) groups excluding carboxylic acids is 4. The lowest BCUT2D eigenvalue weighted by Gasteiger charge is -2.25. The average Bonchev–Trinajstić information content (AvgIpc) is 3.13. The molecule has 9 N–H and O–H groups in total. The fourth-order valence-electron chi connectivity index (χ4n) is 6.94. The van der Waals surface area contributed by atoms with Gasteiger partial charge in [-0.15, -0.1) is 0 Å². The van der Waals surface area contributed by atoms with Gasteiger partial charge in [0.25, 0.3) is 0 Å². The van der Waals surface area contributed by atoms with Gasteiger partial charge in [0.1, 0.15) is 0 Å². The number of anilines is 9. The van der Waals surface area contributed by atoms with Gasteiger partial charge in [-0.05, 0) is 80.1 Å². The molecular formula is C42H32N6O4. The van der Waals surface area contributed by atoms with Crippen LogP contribution in [-0.2, 0) is 0 Å². The summed E-state index contributed by atoms with van der Waals surface area (Å²) in [6.45, 7) is 3.89. The summed E-state index contributed by atoms with van der Waals surface area (Å²) < 4.78 is 0. The molecule has 2 aliphatic rings. The quantitative estimate of drug-likeness (QED) is 0.0944. The van der Waals surface area contributed by atoms with E-state index in [0.29, 0.717) is 39.6 Å². The Labute approximate surface area is 298 Å². The van der Waals surface area contributed by atoms with Gasteiger partial charge in [0, 0.05) is 45.3 Å². The Morgan fingerprint density at radius 2 is 0.827 bits per heavy atom. The first-order valence-electron chi connectivity index (χ1n) is 16.6. The van der Waals surface area contributed by atoms with E-state index in [0.717, 1.165) is 16.8 Å². The Balaban J connectivity index is 1.18. The highest BCUT2D eigenvalue weighted by Gasteiger charge is 2.37. The maximum absolute atomic E-state index is 14.1. The van der Waals surface area contributed by atoms with Crippen LogP contribution in [0.4, 0.5) is 51.2 Å². The normalized spacial score (nSPS) is 12.8. The molecule has 0 bridgehead atoms. The largest absolute Gasteiger partial charge is 0.398 e. The van der Waals surface area contributed by atoms with E-state index in [1.807, 2.05) is 56.3 Å². The molecule has 0 amide bonds. The predicted molar refractivity (Wildman–Crippen MR) is 205 cm³/mol. The van der Waals surface area contributed by atoms with E-state index in [4.69, 9.17) is 17.2 Å². The molecule has 6 aromatic carbocycles. The Morgan fingerprint density at radius 1 is 0.404 bits per heavy atom. The van der Waals surface area contributed by atoms with Crippen LogP contribution >= 0.6 is 0 Å². The van der Waals surface area contributed by atoms with Crippen LogP contribution in [0.2, 0.25) is 0 Å². The second-order valence-electron chi connectivity index (χ2n) is 13.0. The molecule has 6 aromatic rings. The van der Waals surface area contributed by atoms with Crippen molar-refractivity contribution in [2.45, 2.75) is 13.8 Å². The first-order chi connectivity index (χ1) is 25.0. The summed E-state index contributed by atoms with van der Waals surface area (Å²) in [6, 6.07) is 29.9. The number of nitrogens with one attached hydrogen (secondary N) is 3. The first-order valence-corrected chi connectivity index (χ1v) is 16.6. The molecule has 10 nitrogen and oxygen atoms in total. The Bertz CT molecular complexity index is 2570. The fraction of sp³-hybridized carbons (Fsp3) is 0.0476. The van der Waals surface area contributed by atoms with Crippen molar-refractivity contribution in [1.82, 2.24) is 0 Å². The van der Waals surface area contributed by atoms with Crippen molar-refractivity contribution in [2.75, 3.05) is 33.2 Å². The number of hydrogen-bond donors (Lipinski definition) is 6. The van der Waals surface area contributed by atoms with E-state index in [1.54, 1.807) is 48.5 Å². The zero-order chi connectivity index (χ0) is 36.4. The van der Waals surface area contributed by atoms with Gasteiger partial charge < -0.3 is 33.2 Å². The lowest BCUT2D eigenvalue weighted by atomic mass is 9.80. The fourth-order valence-corrected chi connectivity index (χ4v) is 6.94. The first kappa shape index (κ1) is 32.0. The number of fused-ring (bicyclic) bond motifs is 4. The number of hydrogen-bond acceptors (Lipinski definition) is 10. The minimum atomic E-state index is -0.478. The van der Waals surface area contributed by atoms with Crippen LogP contribution in [0.1, 0.15) is 74.8 Å². The summed E-state index contributed by atoms with van der Waals surface area (Å²) >= 11 is 0. The molecule has 8 rings (SSSR count). The molecule has 52 heavy (non-hydrogen) atoms. The molecule has 0 saturated heterocycles. The van der Waals surface area contributed by atoms with E-state index in [1.165, 1.54) is 12.1 Å². The third-order valence-electron chi connectivity index (χ3n) is 9.61. The molecule has 0 unspecified atom stereocenters. The number of ketones is 4. The van der Waals surface area contributed by atoms with Crippen molar-refractivity contribution in [3.05, 3.63) is 159 Å². The molecule has 0 atom stereocenters. The number of nitrogens with two attached hydrogens (primary N) is 3. The number of nitrogen functional groups attached to an aromatic ring is 3. The summed E-state index contributed by atoms with van der Waals surface area (Å²) in [5, 5.41) is 10.0. The van der Waals surface area contributed by atoms with Crippen molar-refractivity contribution in [1.29, 1.82) is 0 Å². The lowest BCUT2D eigenvalue weighted by molar-refractivity contribution is 0.0980. The Hall–Kier alpha value is -7.20. The highest BCUT2D eigenvalue weighted by atomic mass is 16.1. The van der Waals surface area contributed by atoms with Crippen LogP contribution < -0.4 is 33.2 Å². The molecular weight excluding hydrogens is 653 g/mol. The highest BCUT2D eigenvalue weighted by molar-refractivity contribution is 6.35. The monoisotopic (exact) mass is 684 g/mol. The maximum atomic E-state index is 14.1. The van der Waals surface area contributed by atoms with Gasteiger partial charge in [-0.3, -0.25) is 19.2 Å². The van der Waals surface area contributed by atoms with Gasteiger partial charge in [0.05, 0.1) is 50.4 Å². The maximum Gasteiger partial charge on any atom is 0.198 e. The zero-order valence-corrected chi connectivity index (χ0v) is 28.2. The van der Waals surface area contributed by atoms with Gasteiger partial charge in [0.15, 0.2) is 23.1 Å². The van der Waals surface area contributed by atoms with Crippen LogP contribution in [0.5, 0.6) is 0 Å². The van der Waals surface area contributed by atoms with Crippen LogP contribution in [0, 0.1) is 13.8 Å². The van der Waals surface area contributed by atoms with Gasteiger partial charge in [-0.2, -0.15) is 0 Å². The summed E-state index contributed by atoms with van der Waals surface area (Å²) in [5.41, 5.74) is 25.7. The molecule has 2 aliphatic carbocycles. The van der Waals surface area contributed by atoms with Crippen LogP contribution in [0.3, 0.4) is 0 Å². The average molecular weight is 685 g/mol. The van der Waals surface area contributed by atoms with E-state index in [9.17, 15) is 19.2 Å². The second-order valence-corrected chi connectivity index (χ2v) is 13.0. The molecule has 0 aromatic heterocycles. The Morgan fingerprint density at radius 3 is 1.40 bits per heavy atom. The molecule has 0 spiro atoms. The van der Waals surface area contributed by atoms with Crippen LogP contribution in [0.25, 0.3) is 0 Å². The molecule has 0 radical (unpaired) electrons. The van der Waals surface area contributed by atoms with Crippen molar-refractivity contribution in [3.8, 4) is 0 Å². The summed E-state index contributed by atoms with van der Waals surface area (Å²) in [7, 11) is 0. The molecule has 10 heteroatoms. The van der Waals surface area contributed by atoms with Crippen molar-refractivity contribution >= 4 is 74.3 Å². The van der Waals surface area contributed by atoms with Crippen LogP contribution in [-0.4, -0.2) is 23.1 Å². The molecule has 0 saturated carbocycles. The molecule has 0 fully saturated rings. The topological polar surface area (TPSA) is 182 Å². The van der Waals surface area contributed by atoms with Crippen molar-refractivity contribution in [3.63, 3.8) is 0 Å². The lowest BCUT2D eigenvalue weighted by Crippen LogP contribution is -2.26. The zero-order valence-electron chi connectivity index (χ0n) is 28.2. The minimum Gasteiger partial charge on any atom is -0.398 e. The number of carbonyl (C=O) groups is 4. The van der Waals surface area contributed by atoms with Gasteiger partial charge >= 0.3 is 0 Å². The molecule has 0 heterocycles. The minimum absolute atomic E-state index is 0.0443. The van der Waals surface area contributed by atoms with E-state index < -0.39 is 11.6 Å². The SMILES string of the molecule is Cc1ccc(Nc2ccc(Nc3ccc(C)c(Nc4ccc(N)c5c4C(=O)c4c(N)ccc(N)c4C5=O)c3)c3c2C(=O)c2ccccc2C3=O)cc1. The summed E-state index contributed by atoms with van der Waals surface area (Å²) in [4.78, 5) is 55.8. The standard InChI is InChI=1S/C42H32N6O4/c1-20-7-10-22(11-8-20)46-29-17-18-30(38-37(29)39(49)24-5-3-4-6-25(24)40(38)50)47-23-12-9-21(2)32(19-23)48-31-16-15-28(45)35-36(31)42(52)34-27(44)14-13-26(43)33(34)41(35)51/h3-19,46-48H,43-45H2,1-2H3. The van der Waals surface area contributed by atoms with Crippen molar-refractivity contribution < 1.29 is 19.2 Å². The highest BCUT2D eigenvalue weighted by Crippen LogP contribution is 2.42. The van der Waals surface area contributed by atoms with Crippen molar-refractivity contribution in [2.24, 2.45) is 0 Å². The number of aryl methyl sites for hydroxylation is 2.